The Hall–Kier alpha value is -5.09. The number of guanidine groups is 1. The summed E-state index contributed by atoms with van der Waals surface area (Å²) in [6.45, 7) is -1.28. The van der Waals surface area contributed by atoms with Crippen LogP contribution < -0.4 is 54.4 Å². The van der Waals surface area contributed by atoms with E-state index >= 15 is 0 Å². The van der Waals surface area contributed by atoms with Gasteiger partial charge in [0.1, 0.15) is 24.0 Å². The first-order valence-electron chi connectivity index (χ1n) is 16.5. The van der Waals surface area contributed by atoms with Gasteiger partial charge in [-0.25, -0.2) is 4.79 Å². The molecule has 0 saturated carbocycles. The summed E-state index contributed by atoms with van der Waals surface area (Å²) in [4.78, 5) is 102. The van der Waals surface area contributed by atoms with Crippen molar-refractivity contribution in [3.05, 3.63) is 0 Å². The highest BCUT2D eigenvalue weighted by molar-refractivity contribution is 5.99. The predicted octanol–water partition coefficient (Wildman–Crippen LogP) is -6.11. The molecule has 0 aliphatic carbocycles. The number of aliphatic imine (C=N–C) groups is 1. The van der Waals surface area contributed by atoms with E-state index in [1.54, 1.807) is 0 Å². The van der Waals surface area contributed by atoms with Gasteiger partial charge in [-0.15, -0.1) is 0 Å². The number of carboxylic acids is 2. The summed E-state index contributed by atoms with van der Waals surface area (Å²) in [6.07, 6.45) is 2.21. The number of aliphatic carboxylic acids is 2. The number of nitrogens with two attached hydrogens (primary N) is 3. The van der Waals surface area contributed by atoms with Crippen molar-refractivity contribution in [2.75, 3.05) is 45.9 Å². The molecule has 16 N–H and O–H groups in total. The number of carbonyl (C=O) groups excluding carboxylic acids is 6. The van der Waals surface area contributed by atoms with Crippen LogP contribution in [-0.4, -0.2) is 139 Å². The van der Waals surface area contributed by atoms with Crippen molar-refractivity contribution >= 4 is 53.3 Å². The lowest BCUT2D eigenvalue weighted by Crippen LogP contribution is -2.53. The molecule has 1 saturated heterocycles. The number of carbonyl (C=O) groups is 8. The molecule has 6 amide bonds. The average Bonchev–Trinajstić information content (AvgIpc) is 3.63. The van der Waals surface area contributed by atoms with Crippen LogP contribution in [0.1, 0.15) is 51.4 Å². The Labute approximate surface area is 293 Å². The Bertz CT molecular complexity index is 1240. The van der Waals surface area contributed by atoms with Crippen molar-refractivity contribution in [2.45, 2.75) is 75.5 Å². The van der Waals surface area contributed by atoms with Crippen LogP contribution in [0.5, 0.6) is 0 Å². The molecule has 0 aromatic rings. The molecule has 0 unspecified atom stereocenters. The fraction of sp³-hybridized carbons (Fsp3) is 0.690. The van der Waals surface area contributed by atoms with Crippen LogP contribution in [0.25, 0.3) is 0 Å². The van der Waals surface area contributed by atoms with Crippen molar-refractivity contribution in [2.24, 2.45) is 28.1 Å². The molecule has 51 heavy (non-hydrogen) atoms. The smallest absolute Gasteiger partial charge is 0.326 e. The molecule has 1 aliphatic heterocycles. The Morgan fingerprint density at radius 3 is 1.90 bits per heavy atom. The minimum Gasteiger partial charge on any atom is -0.481 e. The van der Waals surface area contributed by atoms with Crippen LogP contribution in [0, 0.1) is 5.92 Å². The maximum Gasteiger partial charge on any atom is 0.326 e. The first kappa shape index (κ1) is 43.9. The third kappa shape index (κ3) is 17.9. The number of nitrogens with zero attached hydrogens (tertiary/aromatic N) is 1. The van der Waals surface area contributed by atoms with Crippen molar-refractivity contribution in [1.82, 2.24) is 37.2 Å². The summed E-state index contributed by atoms with van der Waals surface area (Å²) in [5.41, 5.74) is 16.0. The second kappa shape index (κ2) is 24.1. The van der Waals surface area contributed by atoms with E-state index in [-0.39, 0.29) is 38.3 Å². The Balaban J connectivity index is 2.64. The Morgan fingerprint density at radius 2 is 1.35 bits per heavy atom. The highest BCUT2D eigenvalue weighted by Crippen LogP contribution is 2.06. The van der Waals surface area contributed by atoms with Gasteiger partial charge in [-0.3, -0.25) is 38.6 Å². The van der Waals surface area contributed by atoms with Gasteiger partial charge in [0.25, 0.3) is 0 Å². The van der Waals surface area contributed by atoms with Crippen molar-refractivity contribution in [3.8, 4) is 0 Å². The first-order chi connectivity index (χ1) is 24.2. The van der Waals surface area contributed by atoms with Gasteiger partial charge in [0, 0.05) is 13.1 Å². The minimum absolute atomic E-state index is 0.00886. The molecule has 1 aliphatic rings. The third-order valence-electron chi connectivity index (χ3n) is 7.56. The topological polar surface area (TPSA) is 372 Å². The van der Waals surface area contributed by atoms with E-state index in [1.807, 2.05) is 0 Å². The molecule has 0 radical (unpaired) electrons. The van der Waals surface area contributed by atoms with Gasteiger partial charge >= 0.3 is 11.9 Å². The minimum atomic E-state index is -1.69. The molecule has 22 heteroatoms. The van der Waals surface area contributed by atoms with Gasteiger partial charge in [-0.1, -0.05) is 0 Å². The molecule has 0 spiro atoms. The zero-order valence-electron chi connectivity index (χ0n) is 28.3. The predicted molar refractivity (Wildman–Crippen MR) is 179 cm³/mol. The average molecular weight is 730 g/mol. The monoisotopic (exact) mass is 729 g/mol. The fourth-order valence-electron chi connectivity index (χ4n) is 4.80. The maximum atomic E-state index is 12.8. The number of hydrogen-bond donors (Lipinski definition) is 13. The first-order valence-corrected chi connectivity index (χ1v) is 16.5. The number of nitrogens with one attached hydrogen (secondary N) is 7. The van der Waals surface area contributed by atoms with Crippen LogP contribution >= 0.6 is 0 Å². The van der Waals surface area contributed by atoms with E-state index in [2.05, 4.69) is 42.2 Å². The van der Waals surface area contributed by atoms with Crippen molar-refractivity contribution in [3.63, 3.8) is 0 Å². The molecule has 0 bridgehead atoms. The molecule has 22 nitrogen and oxygen atoms in total. The second-order valence-corrected chi connectivity index (χ2v) is 11.6. The number of hydrogen-bond acceptors (Lipinski definition) is 12. The van der Waals surface area contributed by atoms with Crippen LogP contribution in [0.2, 0.25) is 0 Å². The van der Waals surface area contributed by atoms with Crippen molar-refractivity contribution in [1.29, 1.82) is 0 Å². The van der Waals surface area contributed by atoms with Crippen LogP contribution in [0.4, 0.5) is 0 Å². The third-order valence-corrected chi connectivity index (χ3v) is 7.56. The fourth-order valence-corrected chi connectivity index (χ4v) is 4.80. The molecule has 1 heterocycles. The normalized spacial score (nSPS) is 15.9. The zero-order chi connectivity index (χ0) is 38.3. The van der Waals surface area contributed by atoms with Crippen LogP contribution in [0.15, 0.2) is 4.99 Å². The summed E-state index contributed by atoms with van der Waals surface area (Å²) in [7, 11) is 0. The molecule has 288 valence electrons. The number of unbranched alkanes of at least 4 members (excludes halogenated alkanes) is 1. The van der Waals surface area contributed by atoms with E-state index in [1.165, 1.54) is 0 Å². The highest BCUT2D eigenvalue weighted by Gasteiger charge is 2.30. The largest absolute Gasteiger partial charge is 0.481 e. The van der Waals surface area contributed by atoms with Gasteiger partial charge in [-0.05, 0) is 64.5 Å². The molecule has 5 atom stereocenters. The van der Waals surface area contributed by atoms with E-state index < -0.39 is 104 Å². The van der Waals surface area contributed by atoms with Crippen molar-refractivity contribution < 1.29 is 53.7 Å². The summed E-state index contributed by atoms with van der Waals surface area (Å²) >= 11 is 0. The number of carboxylic acid groups (broad SMARTS) is 2. The van der Waals surface area contributed by atoms with Crippen LogP contribution in [-0.2, 0) is 38.4 Å². The Morgan fingerprint density at radius 1 is 0.745 bits per heavy atom. The number of aliphatic hydroxyl groups excluding tert-OH is 1. The zero-order valence-corrected chi connectivity index (χ0v) is 28.3. The Kier molecular flexibility index (Phi) is 20.8. The molecule has 0 aromatic heterocycles. The van der Waals surface area contributed by atoms with Crippen LogP contribution in [0.3, 0.4) is 0 Å². The SMILES string of the molecule is NCCCC[C@H](NC(=O)CNC(=O)[C@@H](CCNC(=O)[C@H](CO)NC(=O)[C@@H]1CCCN1)C(=O)O)C(=O)NCC(=O)N[C@@H](CCCN=C(N)N)C(=O)O. The van der Waals surface area contributed by atoms with E-state index in [0.717, 1.165) is 6.42 Å². The number of aliphatic hydroxyl groups is 1. The summed E-state index contributed by atoms with van der Waals surface area (Å²) in [6, 6.07) is -4.25. The summed E-state index contributed by atoms with van der Waals surface area (Å²) in [5.74, 6) is -9.47. The second-order valence-electron chi connectivity index (χ2n) is 11.6. The molecular weight excluding hydrogens is 678 g/mol. The van der Waals surface area contributed by atoms with Gasteiger partial charge in [-0.2, -0.15) is 0 Å². The molecule has 1 fully saturated rings. The van der Waals surface area contributed by atoms with E-state index in [9.17, 15) is 53.7 Å². The highest BCUT2D eigenvalue weighted by atomic mass is 16.4. The quantitative estimate of drug-likeness (QED) is 0.0180. The summed E-state index contributed by atoms with van der Waals surface area (Å²) in [5, 5.41) is 45.4. The lowest BCUT2D eigenvalue weighted by Gasteiger charge is -2.20. The van der Waals surface area contributed by atoms with Gasteiger partial charge in [0.15, 0.2) is 5.96 Å². The maximum absolute atomic E-state index is 12.8. The number of rotatable bonds is 25. The number of amides is 6. The molecular formula is C29H51N11O11. The van der Waals surface area contributed by atoms with E-state index in [4.69, 9.17) is 17.2 Å². The molecule has 1 rings (SSSR count). The lowest BCUT2D eigenvalue weighted by molar-refractivity contribution is -0.148. The standard InChI is InChI=1S/C29H51N11O11/c30-9-2-1-5-18(24(45)37-14-22(43)39-19(28(50)51)7-4-11-35-29(31)32)38-21(42)13-36-23(44)16(27(48)49)8-12-34-25(46)20(15-41)40-26(47)17-6-3-10-33-17/h16-20,33,41H,1-15,30H2,(H,34,46)(H,36,44)(H,37,45)(H,38,42)(H,39,43)(H,40,47)(H,48,49)(H,50,51)(H4,31,32,35)/t16-,17+,18+,19+,20+/m1/s1. The molecule has 0 aromatic carbocycles. The van der Waals surface area contributed by atoms with Gasteiger partial charge < -0.3 is 69.7 Å². The van der Waals surface area contributed by atoms with Gasteiger partial charge in [0.2, 0.25) is 35.4 Å². The summed E-state index contributed by atoms with van der Waals surface area (Å²) < 4.78 is 0. The lowest BCUT2D eigenvalue weighted by atomic mass is 10.0. The van der Waals surface area contributed by atoms with E-state index in [0.29, 0.717) is 32.4 Å². The van der Waals surface area contributed by atoms with Gasteiger partial charge in [0.05, 0.1) is 25.7 Å².